The molecule has 2 rings (SSSR count). The lowest BCUT2D eigenvalue weighted by molar-refractivity contribution is -0.148. The van der Waals surface area contributed by atoms with E-state index in [0.717, 1.165) is 20.8 Å². The van der Waals surface area contributed by atoms with Gasteiger partial charge in [-0.2, -0.15) is 0 Å². The van der Waals surface area contributed by atoms with Crippen LogP contribution in [0.1, 0.15) is 26.3 Å². The lowest BCUT2D eigenvalue weighted by Gasteiger charge is -2.17. The fourth-order valence-electron chi connectivity index (χ4n) is 1.84. The highest BCUT2D eigenvalue weighted by Crippen LogP contribution is 2.21. The maximum atomic E-state index is 11.6. The number of ether oxygens (including phenoxy) is 1. The van der Waals surface area contributed by atoms with Gasteiger partial charge in [0.2, 0.25) is 0 Å². The summed E-state index contributed by atoms with van der Waals surface area (Å²) in [7, 11) is 0. The van der Waals surface area contributed by atoms with Crippen LogP contribution in [0.2, 0.25) is 0 Å². The molecular weight excluding hydrogens is 316 g/mol. The summed E-state index contributed by atoms with van der Waals surface area (Å²) in [5, 5.41) is 2.30. The molecule has 0 bridgehead atoms. The predicted octanol–water partition coefficient (Wildman–Crippen LogP) is 4.96. The predicted molar refractivity (Wildman–Crippen MR) is 86.5 cm³/mol. The summed E-state index contributed by atoms with van der Waals surface area (Å²) in [5.74, 6) is -0.326. The van der Waals surface area contributed by atoms with Crippen LogP contribution >= 0.6 is 15.9 Å². The largest absolute Gasteiger partial charge is 0.457 e. The molecule has 0 aliphatic heterocycles. The molecule has 0 amide bonds. The standard InChI is InChI=1S/C17H17BrO2/c1-17(2,3)20-16(19)9-5-12-4-6-14-11-15(18)8-7-13(14)10-12/h4-11H,1-3H3/b9-5+. The van der Waals surface area contributed by atoms with E-state index in [0.29, 0.717) is 0 Å². The molecule has 0 heterocycles. The molecule has 0 unspecified atom stereocenters. The van der Waals surface area contributed by atoms with Crippen LogP contribution < -0.4 is 0 Å². The van der Waals surface area contributed by atoms with E-state index in [4.69, 9.17) is 4.74 Å². The van der Waals surface area contributed by atoms with Gasteiger partial charge in [0.15, 0.2) is 0 Å². The molecule has 2 nitrogen and oxygen atoms in total. The molecular formula is C17H17BrO2. The van der Waals surface area contributed by atoms with Gasteiger partial charge in [-0.05, 0) is 61.4 Å². The molecule has 0 N–H and O–H groups in total. The number of halogens is 1. The quantitative estimate of drug-likeness (QED) is 0.574. The number of carbonyl (C=O) groups excluding carboxylic acids is 1. The second-order valence-electron chi connectivity index (χ2n) is 5.62. The fraction of sp³-hybridized carbons (Fsp3) is 0.235. The topological polar surface area (TPSA) is 26.3 Å². The fourth-order valence-corrected chi connectivity index (χ4v) is 2.22. The van der Waals surface area contributed by atoms with Crippen molar-refractivity contribution < 1.29 is 9.53 Å². The highest BCUT2D eigenvalue weighted by atomic mass is 79.9. The van der Waals surface area contributed by atoms with Gasteiger partial charge in [-0.25, -0.2) is 4.79 Å². The molecule has 0 aromatic heterocycles. The Morgan fingerprint density at radius 3 is 2.45 bits per heavy atom. The molecule has 0 spiro atoms. The highest BCUT2D eigenvalue weighted by molar-refractivity contribution is 9.10. The normalized spacial score (nSPS) is 12.0. The van der Waals surface area contributed by atoms with E-state index in [1.54, 1.807) is 6.08 Å². The van der Waals surface area contributed by atoms with Gasteiger partial charge in [0.05, 0.1) is 0 Å². The van der Waals surface area contributed by atoms with E-state index >= 15 is 0 Å². The lowest BCUT2D eigenvalue weighted by atomic mass is 10.1. The van der Waals surface area contributed by atoms with Crippen molar-refractivity contribution in [3.05, 3.63) is 52.5 Å². The van der Waals surface area contributed by atoms with Crippen molar-refractivity contribution in [1.29, 1.82) is 0 Å². The summed E-state index contributed by atoms with van der Waals surface area (Å²) >= 11 is 3.45. The first-order chi connectivity index (χ1) is 9.33. The first kappa shape index (κ1) is 14.8. The van der Waals surface area contributed by atoms with E-state index < -0.39 is 5.60 Å². The monoisotopic (exact) mass is 332 g/mol. The summed E-state index contributed by atoms with van der Waals surface area (Å²) in [6, 6.07) is 12.2. The van der Waals surface area contributed by atoms with E-state index in [-0.39, 0.29) is 5.97 Å². The first-order valence-corrected chi connectivity index (χ1v) is 7.23. The number of esters is 1. The molecule has 20 heavy (non-hydrogen) atoms. The van der Waals surface area contributed by atoms with Crippen LogP contribution in [0.25, 0.3) is 16.8 Å². The number of benzene rings is 2. The zero-order valence-corrected chi connectivity index (χ0v) is 13.4. The molecule has 104 valence electrons. The second-order valence-corrected chi connectivity index (χ2v) is 6.53. The van der Waals surface area contributed by atoms with E-state index in [1.807, 2.05) is 51.1 Å². The highest BCUT2D eigenvalue weighted by Gasteiger charge is 2.13. The maximum absolute atomic E-state index is 11.6. The van der Waals surface area contributed by atoms with Crippen molar-refractivity contribution in [2.24, 2.45) is 0 Å². The molecule has 0 radical (unpaired) electrons. The number of hydrogen-bond donors (Lipinski definition) is 0. The maximum Gasteiger partial charge on any atom is 0.331 e. The van der Waals surface area contributed by atoms with Crippen LogP contribution in [-0.2, 0) is 9.53 Å². The van der Waals surface area contributed by atoms with Crippen molar-refractivity contribution in [3.8, 4) is 0 Å². The Bertz CT molecular complexity index is 666. The first-order valence-electron chi connectivity index (χ1n) is 6.44. The van der Waals surface area contributed by atoms with Crippen LogP contribution in [0.5, 0.6) is 0 Å². The SMILES string of the molecule is CC(C)(C)OC(=O)/C=C/c1ccc2cc(Br)ccc2c1. The zero-order valence-electron chi connectivity index (χ0n) is 11.8. The third-order valence-electron chi connectivity index (χ3n) is 2.64. The van der Waals surface area contributed by atoms with Crippen molar-refractivity contribution >= 4 is 38.7 Å². The Hall–Kier alpha value is -1.61. The molecule has 0 aliphatic carbocycles. The van der Waals surface area contributed by atoms with Crippen LogP contribution in [-0.4, -0.2) is 11.6 Å². The zero-order chi connectivity index (χ0) is 14.8. The van der Waals surface area contributed by atoms with E-state index in [9.17, 15) is 4.79 Å². The van der Waals surface area contributed by atoms with Gasteiger partial charge in [0.25, 0.3) is 0 Å². The molecule has 3 heteroatoms. The lowest BCUT2D eigenvalue weighted by Crippen LogP contribution is -2.22. The van der Waals surface area contributed by atoms with Gasteiger partial charge in [0, 0.05) is 10.5 Å². The van der Waals surface area contributed by atoms with Crippen molar-refractivity contribution in [1.82, 2.24) is 0 Å². The van der Waals surface area contributed by atoms with Gasteiger partial charge in [-0.1, -0.05) is 34.1 Å². The molecule has 2 aromatic carbocycles. The summed E-state index contributed by atoms with van der Waals surface area (Å²) in [4.78, 5) is 11.6. The van der Waals surface area contributed by atoms with Gasteiger partial charge in [-0.15, -0.1) is 0 Å². The van der Waals surface area contributed by atoms with E-state index in [2.05, 4.69) is 22.0 Å². The number of hydrogen-bond acceptors (Lipinski definition) is 2. The minimum absolute atomic E-state index is 0.326. The smallest absolute Gasteiger partial charge is 0.331 e. The van der Waals surface area contributed by atoms with E-state index in [1.165, 1.54) is 6.08 Å². The van der Waals surface area contributed by atoms with Gasteiger partial charge in [-0.3, -0.25) is 0 Å². The van der Waals surface area contributed by atoms with Gasteiger partial charge in [0.1, 0.15) is 5.60 Å². The Balaban J connectivity index is 2.18. The molecule has 0 atom stereocenters. The second kappa shape index (κ2) is 5.80. The van der Waals surface area contributed by atoms with Crippen LogP contribution in [0.3, 0.4) is 0 Å². The summed E-state index contributed by atoms with van der Waals surface area (Å²) < 4.78 is 6.29. The number of fused-ring (bicyclic) bond motifs is 1. The molecule has 0 fully saturated rings. The summed E-state index contributed by atoms with van der Waals surface area (Å²) in [6.45, 7) is 5.56. The third-order valence-corrected chi connectivity index (χ3v) is 3.14. The van der Waals surface area contributed by atoms with Crippen LogP contribution in [0.4, 0.5) is 0 Å². The van der Waals surface area contributed by atoms with Crippen molar-refractivity contribution in [3.63, 3.8) is 0 Å². The molecule has 0 saturated carbocycles. The van der Waals surface area contributed by atoms with Gasteiger partial charge < -0.3 is 4.74 Å². The van der Waals surface area contributed by atoms with Crippen LogP contribution in [0, 0.1) is 0 Å². The summed E-state index contributed by atoms with van der Waals surface area (Å²) in [5.41, 5.74) is 0.516. The molecule has 0 saturated heterocycles. The Morgan fingerprint density at radius 2 is 1.75 bits per heavy atom. The van der Waals surface area contributed by atoms with Crippen molar-refractivity contribution in [2.75, 3.05) is 0 Å². The average Bonchev–Trinajstić information content (AvgIpc) is 2.34. The number of carbonyl (C=O) groups is 1. The minimum Gasteiger partial charge on any atom is -0.457 e. The average molecular weight is 333 g/mol. The van der Waals surface area contributed by atoms with Gasteiger partial charge >= 0.3 is 5.97 Å². The van der Waals surface area contributed by atoms with Crippen molar-refractivity contribution in [2.45, 2.75) is 26.4 Å². The Labute approximate surface area is 127 Å². The van der Waals surface area contributed by atoms with Crippen LogP contribution in [0.15, 0.2) is 46.9 Å². The number of rotatable bonds is 2. The Morgan fingerprint density at radius 1 is 1.10 bits per heavy atom. The third kappa shape index (κ3) is 4.20. The summed E-state index contributed by atoms with van der Waals surface area (Å²) in [6.07, 6.45) is 3.24. The molecule has 2 aromatic rings. The molecule has 0 aliphatic rings. The Kier molecular flexibility index (Phi) is 4.29. The minimum atomic E-state index is -0.461.